The first-order valence-electron chi connectivity index (χ1n) is 10.00. The van der Waals surface area contributed by atoms with Crippen molar-refractivity contribution in [3.8, 4) is 5.75 Å². The quantitative estimate of drug-likeness (QED) is 0.679. The van der Waals surface area contributed by atoms with E-state index < -0.39 is 35.5 Å². The van der Waals surface area contributed by atoms with Gasteiger partial charge in [-0.3, -0.25) is 14.5 Å². The lowest BCUT2D eigenvalue weighted by atomic mass is 10.1. The number of nitrogens with zero attached hydrogens (tertiary/aromatic N) is 2. The largest absolute Gasteiger partial charge is 0.496 e. The van der Waals surface area contributed by atoms with Crippen molar-refractivity contribution >= 4 is 29.6 Å². The Morgan fingerprint density at radius 1 is 0.969 bits per heavy atom. The molecule has 0 fully saturated rings. The Bertz CT molecular complexity index is 1100. The van der Waals surface area contributed by atoms with Gasteiger partial charge in [0.05, 0.1) is 23.9 Å². The third-order valence-electron chi connectivity index (χ3n) is 5.10. The van der Waals surface area contributed by atoms with Crippen LogP contribution in [0, 0.1) is 0 Å². The fraction of sp³-hybridized carbons (Fsp3) is 0.304. The van der Waals surface area contributed by atoms with Gasteiger partial charge < -0.3 is 14.3 Å². The lowest BCUT2D eigenvalue weighted by Gasteiger charge is -2.28. The Kier molecular flexibility index (Phi) is 5.12. The van der Waals surface area contributed by atoms with Crippen molar-refractivity contribution in [2.45, 2.75) is 38.8 Å². The number of ether oxygens (including phenoxy) is 2. The maximum atomic E-state index is 13.1. The van der Waals surface area contributed by atoms with E-state index in [1.54, 1.807) is 51.1 Å². The summed E-state index contributed by atoms with van der Waals surface area (Å²) in [5.41, 5.74) is 0.528. The monoisotopic (exact) mass is 438 g/mol. The van der Waals surface area contributed by atoms with Crippen LogP contribution in [0.5, 0.6) is 5.75 Å². The average Bonchev–Trinajstić information content (AvgIpc) is 3.24. The van der Waals surface area contributed by atoms with Crippen LogP contribution in [-0.4, -0.2) is 47.7 Å². The van der Waals surface area contributed by atoms with Gasteiger partial charge in [-0.25, -0.2) is 9.59 Å². The Morgan fingerprint density at radius 3 is 2.16 bits per heavy atom. The molecule has 0 N–H and O–H groups in total. The van der Waals surface area contributed by atoms with Crippen molar-refractivity contribution in [1.82, 2.24) is 5.06 Å². The van der Waals surface area contributed by atoms with Gasteiger partial charge in [0.1, 0.15) is 17.4 Å². The Balaban J connectivity index is 1.64. The number of imide groups is 1. The predicted octanol–water partition coefficient (Wildman–Crippen LogP) is 3.12. The zero-order valence-corrected chi connectivity index (χ0v) is 18.1. The zero-order valence-electron chi connectivity index (χ0n) is 18.1. The standard InChI is InChI=1S/C23H22N2O7/c1-23(2,3)31-22(29)24-16-10-7-11-18(30-4)15(16)12-17(24)21(28)32-25-19(26)13-8-5-6-9-14(13)20(25)27/h5-11,17H,12H2,1-4H3. The molecule has 0 aliphatic carbocycles. The Hall–Kier alpha value is -3.88. The molecule has 0 radical (unpaired) electrons. The van der Waals surface area contributed by atoms with E-state index in [0.717, 1.165) is 0 Å². The molecule has 0 spiro atoms. The molecule has 0 aromatic heterocycles. The second kappa shape index (κ2) is 7.67. The minimum Gasteiger partial charge on any atom is -0.496 e. The summed E-state index contributed by atoms with van der Waals surface area (Å²) in [6, 6.07) is 10.1. The van der Waals surface area contributed by atoms with Gasteiger partial charge in [-0.2, -0.15) is 0 Å². The molecule has 0 bridgehead atoms. The number of methoxy groups -OCH3 is 1. The van der Waals surface area contributed by atoms with Gasteiger partial charge in [-0.05, 0) is 45.0 Å². The van der Waals surface area contributed by atoms with E-state index in [1.165, 1.54) is 24.1 Å². The number of anilines is 1. The highest BCUT2D eigenvalue weighted by molar-refractivity contribution is 6.21. The number of carbonyl (C=O) groups is 4. The topological polar surface area (TPSA) is 102 Å². The molecule has 0 saturated carbocycles. The van der Waals surface area contributed by atoms with Crippen molar-refractivity contribution in [2.75, 3.05) is 12.0 Å². The van der Waals surface area contributed by atoms with Gasteiger partial charge in [0, 0.05) is 12.0 Å². The van der Waals surface area contributed by atoms with Gasteiger partial charge >= 0.3 is 12.1 Å². The number of carbonyl (C=O) groups excluding carboxylic acids is 4. The summed E-state index contributed by atoms with van der Waals surface area (Å²) in [6.07, 6.45) is -0.686. The second-order valence-electron chi connectivity index (χ2n) is 8.39. The smallest absolute Gasteiger partial charge is 0.415 e. The predicted molar refractivity (Wildman–Crippen MR) is 112 cm³/mol. The normalized spacial score (nSPS) is 17.2. The van der Waals surface area contributed by atoms with Crippen molar-refractivity contribution in [1.29, 1.82) is 0 Å². The summed E-state index contributed by atoms with van der Waals surface area (Å²) in [4.78, 5) is 57.7. The minimum absolute atomic E-state index is 0.0700. The fourth-order valence-electron chi connectivity index (χ4n) is 3.75. The average molecular weight is 438 g/mol. The van der Waals surface area contributed by atoms with E-state index in [4.69, 9.17) is 14.3 Å². The molecule has 2 aliphatic rings. The van der Waals surface area contributed by atoms with Crippen molar-refractivity contribution in [3.05, 3.63) is 59.2 Å². The maximum Gasteiger partial charge on any atom is 0.415 e. The maximum absolute atomic E-state index is 13.1. The van der Waals surface area contributed by atoms with Crippen LogP contribution < -0.4 is 9.64 Å². The second-order valence-corrected chi connectivity index (χ2v) is 8.39. The molecule has 2 aromatic rings. The Labute approximate surface area is 184 Å². The molecule has 1 unspecified atom stereocenters. The highest BCUT2D eigenvalue weighted by atomic mass is 16.7. The molecule has 9 heteroatoms. The molecular formula is C23H22N2O7. The summed E-state index contributed by atoms with van der Waals surface area (Å²) in [6.45, 7) is 5.12. The number of hydroxylamine groups is 2. The van der Waals surface area contributed by atoms with Crippen LogP contribution in [0.25, 0.3) is 0 Å². The summed E-state index contributed by atoms with van der Waals surface area (Å²) in [7, 11) is 1.48. The molecule has 9 nitrogen and oxygen atoms in total. The number of amides is 3. The van der Waals surface area contributed by atoms with Crippen LogP contribution in [0.2, 0.25) is 0 Å². The molecule has 32 heavy (non-hydrogen) atoms. The van der Waals surface area contributed by atoms with Gasteiger partial charge in [0.25, 0.3) is 11.8 Å². The Morgan fingerprint density at radius 2 is 1.59 bits per heavy atom. The molecule has 1 atom stereocenters. The SMILES string of the molecule is COc1cccc2c1CC(C(=O)ON1C(=O)c3ccccc3C1=O)N2C(=O)OC(C)(C)C. The molecule has 2 aromatic carbocycles. The van der Waals surface area contributed by atoms with Crippen LogP contribution in [-0.2, 0) is 20.8 Å². The molecule has 3 amide bonds. The van der Waals surface area contributed by atoms with Crippen LogP contribution >= 0.6 is 0 Å². The number of hydrogen-bond donors (Lipinski definition) is 0. The van der Waals surface area contributed by atoms with E-state index in [1.807, 2.05) is 0 Å². The van der Waals surface area contributed by atoms with Crippen LogP contribution in [0.1, 0.15) is 47.1 Å². The molecule has 0 saturated heterocycles. The first-order valence-corrected chi connectivity index (χ1v) is 10.00. The fourth-order valence-corrected chi connectivity index (χ4v) is 3.75. The number of benzene rings is 2. The minimum atomic E-state index is -1.15. The molecule has 4 rings (SSSR count). The molecule has 2 aliphatic heterocycles. The van der Waals surface area contributed by atoms with E-state index in [9.17, 15) is 19.2 Å². The van der Waals surface area contributed by atoms with Gasteiger partial charge in [-0.1, -0.05) is 23.3 Å². The lowest BCUT2D eigenvalue weighted by Crippen LogP contribution is -2.48. The summed E-state index contributed by atoms with van der Waals surface area (Å²) in [5.74, 6) is -1.93. The summed E-state index contributed by atoms with van der Waals surface area (Å²) < 4.78 is 10.9. The highest BCUT2D eigenvalue weighted by Crippen LogP contribution is 2.39. The van der Waals surface area contributed by atoms with Crippen molar-refractivity contribution in [2.24, 2.45) is 0 Å². The van der Waals surface area contributed by atoms with Crippen LogP contribution in [0.4, 0.5) is 10.5 Å². The van der Waals surface area contributed by atoms with E-state index in [2.05, 4.69) is 0 Å². The summed E-state index contributed by atoms with van der Waals surface area (Å²) in [5, 5.41) is 0.431. The molecule has 2 heterocycles. The number of fused-ring (bicyclic) bond motifs is 2. The summed E-state index contributed by atoms with van der Waals surface area (Å²) >= 11 is 0. The number of rotatable bonds is 3. The molecule has 166 valence electrons. The van der Waals surface area contributed by atoms with Gasteiger partial charge in [0.2, 0.25) is 0 Å². The van der Waals surface area contributed by atoms with Crippen LogP contribution in [0.15, 0.2) is 42.5 Å². The third kappa shape index (κ3) is 3.55. The first kappa shape index (κ1) is 21.4. The number of hydrogen-bond acceptors (Lipinski definition) is 7. The van der Waals surface area contributed by atoms with Crippen molar-refractivity contribution < 1.29 is 33.5 Å². The van der Waals surface area contributed by atoms with E-state index >= 15 is 0 Å². The zero-order chi connectivity index (χ0) is 23.2. The molecular weight excluding hydrogens is 416 g/mol. The van der Waals surface area contributed by atoms with Gasteiger partial charge in [0.15, 0.2) is 0 Å². The van der Waals surface area contributed by atoms with E-state index in [-0.39, 0.29) is 17.5 Å². The van der Waals surface area contributed by atoms with Gasteiger partial charge in [-0.15, -0.1) is 0 Å². The highest BCUT2D eigenvalue weighted by Gasteiger charge is 2.46. The first-order chi connectivity index (χ1) is 15.1. The lowest BCUT2D eigenvalue weighted by molar-refractivity contribution is -0.170. The van der Waals surface area contributed by atoms with Crippen molar-refractivity contribution in [3.63, 3.8) is 0 Å². The van der Waals surface area contributed by atoms with E-state index in [0.29, 0.717) is 22.1 Å². The third-order valence-corrected chi connectivity index (χ3v) is 5.10. The van der Waals surface area contributed by atoms with Crippen LogP contribution in [0.3, 0.4) is 0 Å².